The molecule has 32 heavy (non-hydrogen) atoms. The number of ether oxygens (including phenoxy) is 1. The fraction of sp³-hybridized carbons (Fsp3) is 0.680. The average Bonchev–Trinajstić information content (AvgIpc) is 3.26. The molecule has 2 unspecified atom stereocenters. The summed E-state index contributed by atoms with van der Waals surface area (Å²) < 4.78 is 6.17. The lowest BCUT2D eigenvalue weighted by atomic mass is 9.85. The van der Waals surface area contributed by atoms with Gasteiger partial charge in [-0.05, 0) is 45.1 Å². The van der Waals surface area contributed by atoms with Gasteiger partial charge in [0, 0.05) is 39.7 Å². The molecule has 2 fully saturated rings. The molecular weight excluding hydrogens is 515 g/mol. The molecule has 0 bridgehead atoms. The van der Waals surface area contributed by atoms with Gasteiger partial charge >= 0.3 is 0 Å². The third kappa shape index (κ3) is 6.83. The quantitative estimate of drug-likeness (QED) is 0.299. The van der Waals surface area contributed by atoms with Crippen molar-refractivity contribution in [3.05, 3.63) is 35.4 Å². The lowest BCUT2D eigenvalue weighted by molar-refractivity contribution is -0.138. The largest absolute Gasteiger partial charge is 0.373 e. The summed E-state index contributed by atoms with van der Waals surface area (Å²) in [6.07, 6.45) is 6.41. The molecule has 2 atom stereocenters. The van der Waals surface area contributed by atoms with Gasteiger partial charge in [0.15, 0.2) is 5.96 Å². The van der Waals surface area contributed by atoms with Gasteiger partial charge in [0.05, 0.1) is 18.1 Å². The zero-order chi connectivity index (χ0) is 22.3. The smallest absolute Gasteiger partial charge is 0.230 e. The van der Waals surface area contributed by atoms with Gasteiger partial charge in [-0.15, -0.1) is 24.0 Å². The molecule has 1 saturated heterocycles. The highest BCUT2D eigenvalue weighted by Gasteiger charge is 2.42. The molecule has 1 aliphatic carbocycles. The van der Waals surface area contributed by atoms with Crippen LogP contribution in [0.4, 0.5) is 0 Å². The molecule has 6 nitrogen and oxygen atoms in total. The van der Waals surface area contributed by atoms with Gasteiger partial charge in [-0.2, -0.15) is 0 Å². The Morgan fingerprint density at radius 2 is 1.84 bits per heavy atom. The number of aliphatic imine (C=N–C) groups is 1. The maximum Gasteiger partial charge on any atom is 0.230 e. The molecule has 180 valence electrons. The Morgan fingerprint density at radius 3 is 2.47 bits per heavy atom. The van der Waals surface area contributed by atoms with E-state index < -0.39 is 0 Å². The number of aryl methyl sites for hydroxylation is 1. The van der Waals surface area contributed by atoms with Crippen molar-refractivity contribution in [2.24, 2.45) is 16.3 Å². The van der Waals surface area contributed by atoms with Crippen molar-refractivity contribution in [1.82, 2.24) is 15.5 Å². The second kappa shape index (κ2) is 12.8. The highest BCUT2D eigenvalue weighted by atomic mass is 127. The molecule has 1 aliphatic heterocycles. The summed E-state index contributed by atoms with van der Waals surface area (Å²) in [5.41, 5.74) is 2.17. The van der Waals surface area contributed by atoms with Crippen LogP contribution in [0.5, 0.6) is 0 Å². The van der Waals surface area contributed by atoms with Crippen LogP contribution in [0.2, 0.25) is 0 Å². The predicted octanol–water partition coefficient (Wildman–Crippen LogP) is 4.28. The van der Waals surface area contributed by atoms with Crippen LogP contribution in [-0.2, 0) is 9.53 Å². The molecule has 7 heteroatoms. The first-order valence-corrected chi connectivity index (χ1v) is 11.9. The lowest BCUT2D eigenvalue weighted by Gasteiger charge is -2.33. The van der Waals surface area contributed by atoms with E-state index in [2.05, 4.69) is 48.7 Å². The number of amides is 1. The summed E-state index contributed by atoms with van der Waals surface area (Å²) in [4.78, 5) is 19.5. The number of nitrogens with one attached hydrogen (secondary N) is 2. The molecule has 1 saturated carbocycles. The molecule has 1 amide bonds. The zero-order valence-electron chi connectivity index (χ0n) is 20.2. The van der Waals surface area contributed by atoms with Gasteiger partial charge in [0.1, 0.15) is 0 Å². The number of carbonyl (C=O) groups excluding carboxylic acids is 1. The summed E-state index contributed by atoms with van der Waals surface area (Å²) in [5.74, 6) is 1.41. The van der Waals surface area contributed by atoms with Gasteiger partial charge in [-0.25, -0.2) is 0 Å². The number of halogens is 1. The first kappa shape index (κ1) is 26.9. The molecule has 0 spiro atoms. The Labute approximate surface area is 211 Å². The maximum atomic E-state index is 12.9. The van der Waals surface area contributed by atoms with E-state index in [1.165, 1.54) is 11.1 Å². The first-order valence-electron chi connectivity index (χ1n) is 11.9. The van der Waals surface area contributed by atoms with Crippen LogP contribution in [0.25, 0.3) is 0 Å². The zero-order valence-corrected chi connectivity index (χ0v) is 22.5. The molecular formula is C25H41IN4O2. The highest BCUT2D eigenvalue weighted by Crippen LogP contribution is 2.40. The van der Waals surface area contributed by atoms with Crippen molar-refractivity contribution >= 4 is 35.8 Å². The van der Waals surface area contributed by atoms with E-state index in [0.717, 1.165) is 64.2 Å². The topological polar surface area (TPSA) is 66.0 Å². The summed E-state index contributed by atoms with van der Waals surface area (Å²) in [6, 6.07) is 8.70. The molecule has 2 aliphatic rings. The van der Waals surface area contributed by atoms with Crippen LogP contribution in [0.15, 0.2) is 29.3 Å². The fourth-order valence-corrected chi connectivity index (χ4v) is 4.94. The molecule has 1 aromatic carbocycles. The summed E-state index contributed by atoms with van der Waals surface area (Å²) in [7, 11) is 3.70. The minimum absolute atomic E-state index is 0. The number of guanidine groups is 1. The van der Waals surface area contributed by atoms with Crippen molar-refractivity contribution in [3.63, 3.8) is 0 Å². The van der Waals surface area contributed by atoms with E-state index >= 15 is 0 Å². The normalized spacial score (nSPS) is 22.7. The van der Waals surface area contributed by atoms with Crippen LogP contribution >= 0.6 is 24.0 Å². The van der Waals surface area contributed by atoms with E-state index in [4.69, 9.17) is 9.73 Å². The Balaban J connectivity index is 0.00000363. The summed E-state index contributed by atoms with van der Waals surface area (Å²) in [5, 5.41) is 6.91. The van der Waals surface area contributed by atoms with Crippen LogP contribution in [0, 0.1) is 18.3 Å². The Bertz CT molecular complexity index is 745. The number of carbonyl (C=O) groups is 1. The number of hydrogen-bond acceptors (Lipinski definition) is 3. The third-order valence-corrected chi connectivity index (χ3v) is 6.69. The van der Waals surface area contributed by atoms with Crippen molar-refractivity contribution < 1.29 is 9.53 Å². The van der Waals surface area contributed by atoms with Gasteiger partial charge in [-0.1, -0.05) is 42.7 Å². The molecule has 0 aromatic heterocycles. The maximum absolute atomic E-state index is 12.9. The van der Waals surface area contributed by atoms with E-state index in [0.29, 0.717) is 12.5 Å². The molecule has 1 aromatic rings. The third-order valence-electron chi connectivity index (χ3n) is 6.69. The van der Waals surface area contributed by atoms with Crippen LogP contribution < -0.4 is 10.6 Å². The molecule has 1 heterocycles. The first-order chi connectivity index (χ1) is 14.9. The lowest BCUT2D eigenvalue weighted by Crippen LogP contribution is -2.44. The second-order valence-corrected chi connectivity index (χ2v) is 9.37. The SMILES string of the molecule is CCNC(=NCC1(C(=O)N(C)C)CCCC1)NCC1CCCOC1c1ccc(C)cc1.I. The minimum Gasteiger partial charge on any atom is -0.373 e. The average molecular weight is 557 g/mol. The van der Waals surface area contributed by atoms with Gasteiger partial charge in [-0.3, -0.25) is 9.79 Å². The standard InChI is InChI=1S/C25H40N4O2.HI/c1-5-26-24(28-18-25(14-6-7-15-25)23(30)29(3)4)27-17-21-9-8-16-31-22(21)20-12-10-19(2)11-13-20;/h10-13,21-22H,5-9,14-18H2,1-4H3,(H2,26,27,28);1H. The van der Waals surface area contributed by atoms with Gasteiger partial charge in [0.25, 0.3) is 0 Å². The highest BCUT2D eigenvalue weighted by molar-refractivity contribution is 14.0. The van der Waals surface area contributed by atoms with Crippen molar-refractivity contribution in [1.29, 1.82) is 0 Å². The van der Waals surface area contributed by atoms with Gasteiger partial charge < -0.3 is 20.3 Å². The van der Waals surface area contributed by atoms with Crippen molar-refractivity contribution in [3.8, 4) is 0 Å². The Morgan fingerprint density at radius 1 is 1.16 bits per heavy atom. The summed E-state index contributed by atoms with van der Waals surface area (Å²) in [6.45, 7) is 7.15. The van der Waals surface area contributed by atoms with E-state index in [1.54, 1.807) is 4.90 Å². The van der Waals surface area contributed by atoms with Crippen LogP contribution in [0.1, 0.15) is 62.7 Å². The monoisotopic (exact) mass is 556 g/mol. The second-order valence-electron chi connectivity index (χ2n) is 9.37. The van der Waals surface area contributed by atoms with E-state index in [9.17, 15) is 4.79 Å². The van der Waals surface area contributed by atoms with Crippen LogP contribution in [0.3, 0.4) is 0 Å². The Hall–Kier alpha value is -1.35. The molecule has 3 rings (SSSR count). The van der Waals surface area contributed by atoms with E-state index in [1.807, 2.05) is 14.1 Å². The minimum atomic E-state index is -0.343. The van der Waals surface area contributed by atoms with E-state index in [-0.39, 0.29) is 41.4 Å². The molecule has 0 radical (unpaired) electrons. The number of rotatable bonds is 7. The number of nitrogens with zero attached hydrogens (tertiary/aromatic N) is 2. The van der Waals surface area contributed by atoms with Crippen molar-refractivity contribution in [2.75, 3.05) is 40.3 Å². The van der Waals surface area contributed by atoms with Crippen LogP contribution in [-0.4, -0.2) is 57.1 Å². The number of hydrogen-bond donors (Lipinski definition) is 2. The number of benzene rings is 1. The van der Waals surface area contributed by atoms with Crippen molar-refractivity contribution in [2.45, 2.75) is 58.5 Å². The summed E-state index contributed by atoms with van der Waals surface area (Å²) >= 11 is 0. The Kier molecular flexibility index (Phi) is 10.7. The van der Waals surface area contributed by atoms with Gasteiger partial charge in [0.2, 0.25) is 5.91 Å². The predicted molar refractivity (Wildman–Crippen MR) is 142 cm³/mol. The molecule has 2 N–H and O–H groups in total. The fourth-order valence-electron chi connectivity index (χ4n) is 4.94.